The molecule has 1 aromatic heterocycles. The zero-order valence-electron chi connectivity index (χ0n) is 10.3. The van der Waals surface area contributed by atoms with Crippen molar-refractivity contribution >= 4 is 33.3 Å². The van der Waals surface area contributed by atoms with E-state index in [1.54, 1.807) is 0 Å². The molecule has 0 amide bonds. The molecule has 0 N–H and O–H groups in total. The van der Waals surface area contributed by atoms with Gasteiger partial charge in [0.05, 0.1) is 5.02 Å². The Hall–Kier alpha value is -0.280. The van der Waals surface area contributed by atoms with Crippen LogP contribution < -0.4 is 4.90 Å². The van der Waals surface area contributed by atoms with Crippen molar-refractivity contribution in [2.45, 2.75) is 38.6 Å². The Morgan fingerprint density at radius 3 is 2.76 bits per heavy atom. The standard InChI is InChI=1S/C13H18BrClN2/c1-9-5-3-4-6-12(9)17(2)13-11(15)7-10(14)8-16-13/h7-9,12H,3-6H2,1-2H3. The summed E-state index contributed by atoms with van der Waals surface area (Å²) >= 11 is 9.64. The molecular weight excluding hydrogens is 300 g/mol. The molecule has 1 heterocycles. The molecule has 1 aliphatic carbocycles. The van der Waals surface area contributed by atoms with Crippen molar-refractivity contribution in [2.75, 3.05) is 11.9 Å². The molecule has 1 aliphatic rings. The molecule has 94 valence electrons. The van der Waals surface area contributed by atoms with E-state index >= 15 is 0 Å². The third-order valence-electron chi connectivity index (χ3n) is 3.69. The van der Waals surface area contributed by atoms with Crippen LogP contribution in [0.25, 0.3) is 0 Å². The summed E-state index contributed by atoms with van der Waals surface area (Å²) in [7, 11) is 2.11. The van der Waals surface area contributed by atoms with E-state index in [-0.39, 0.29) is 0 Å². The van der Waals surface area contributed by atoms with E-state index in [1.165, 1.54) is 25.7 Å². The Morgan fingerprint density at radius 1 is 1.41 bits per heavy atom. The third kappa shape index (κ3) is 2.94. The molecule has 1 aromatic rings. The van der Waals surface area contributed by atoms with E-state index < -0.39 is 0 Å². The number of hydrogen-bond acceptors (Lipinski definition) is 2. The summed E-state index contributed by atoms with van der Waals surface area (Å²) in [4.78, 5) is 6.68. The fraction of sp³-hybridized carbons (Fsp3) is 0.615. The van der Waals surface area contributed by atoms with Crippen molar-refractivity contribution in [2.24, 2.45) is 5.92 Å². The molecule has 0 bridgehead atoms. The van der Waals surface area contributed by atoms with Crippen molar-refractivity contribution in [3.63, 3.8) is 0 Å². The van der Waals surface area contributed by atoms with Gasteiger partial charge in [0.1, 0.15) is 5.82 Å². The quantitative estimate of drug-likeness (QED) is 0.797. The van der Waals surface area contributed by atoms with Crippen molar-refractivity contribution in [3.05, 3.63) is 21.8 Å². The van der Waals surface area contributed by atoms with Crippen molar-refractivity contribution in [3.8, 4) is 0 Å². The molecule has 1 fully saturated rings. The van der Waals surface area contributed by atoms with Crippen LogP contribution in [0.15, 0.2) is 16.7 Å². The lowest BCUT2D eigenvalue weighted by Crippen LogP contribution is -2.39. The van der Waals surface area contributed by atoms with Crippen LogP contribution in [0.1, 0.15) is 32.6 Å². The summed E-state index contributed by atoms with van der Waals surface area (Å²) in [6, 6.07) is 2.48. The van der Waals surface area contributed by atoms with Crippen LogP contribution in [-0.4, -0.2) is 18.1 Å². The Labute approximate surface area is 116 Å². The molecule has 2 rings (SSSR count). The molecule has 17 heavy (non-hydrogen) atoms. The van der Waals surface area contributed by atoms with Gasteiger partial charge in [-0.05, 0) is 40.8 Å². The highest BCUT2D eigenvalue weighted by atomic mass is 79.9. The molecule has 4 heteroatoms. The van der Waals surface area contributed by atoms with Gasteiger partial charge in [-0.2, -0.15) is 0 Å². The van der Waals surface area contributed by atoms with E-state index in [4.69, 9.17) is 11.6 Å². The molecule has 1 saturated carbocycles. The fourth-order valence-electron chi connectivity index (χ4n) is 2.70. The molecular formula is C13H18BrClN2. The van der Waals surface area contributed by atoms with E-state index in [0.717, 1.165) is 21.2 Å². The number of nitrogens with zero attached hydrogens (tertiary/aromatic N) is 2. The molecule has 0 aromatic carbocycles. The lowest BCUT2D eigenvalue weighted by atomic mass is 9.85. The molecule has 0 spiro atoms. The lowest BCUT2D eigenvalue weighted by molar-refractivity contribution is 0.320. The molecule has 0 radical (unpaired) electrons. The largest absolute Gasteiger partial charge is 0.355 e. The van der Waals surface area contributed by atoms with Gasteiger partial charge in [0, 0.05) is 23.8 Å². The van der Waals surface area contributed by atoms with E-state index in [9.17, 15) is 0 Å². The summed E-state index contributed by atoms with van der Waals surface area (Å²) in [5.74, 6) is 1.61. The van der Waals surface area contributed by atoms with Gasteiger partial charge in [-0.25, -0.2) is 4.98 Å². The summed E-state index contributed by atoms with van der Waals surface area (Å²) < 4.78 is 0.927. The topological polar surface area (TPSA) is 16.1 Å². The van der Waals surface area contributed by atoms with E-state index in [0.29, 0.717) is 6.04 Å². The predicted octanol–water partition coefficient (Wildman–Crippen LogP) is 4.51. The highest BCUT2D eigenvalue weighted by Gasteiger charge is 2.26. The minimum absolute atomic E-state index is 0.565. The van der Waals surface area contributed by atoms with Crippen LogP contribution in [0.5, 0.6) is 0 Å². The number of halogens is 2. The van der Waals surface area contributed by atoms with Crippen LogP contribution >= 0.6 is 27.5 Å². The fourth-order valence-corrected chi connectivity index (χ4v) is 3.46. The minimum atomic E-state index is 0.565. The van der Waals surface area contributed by atoms with Crippen molar-refractivity contribution < 1.29 is 0 Å². The monoisotopic (exact) mass is 316 g/mol. The number of aromatic nitrogens is 1. The number of pyridine rings is 1. The summed E-state index contributed by atoms with van der Waals surface area (Å²) in [5, 5.41) is 0.722. The summed E-state index contributed by atoms with van der Waals surface area (Å²) in [6.07, 6.45) is 7.03. The Morgan fingerprint density at radius 2 is 2.12 bits per heavy atom. The van der Waals surface area contributed by atoms with Gasteiger partial charge >= 0.3 is 0 Å². The number of rotatable bonds is 2. The Kier molecular flexibility index (Phi) is 4.31. The van der Waals surface area contributed by atoms with Gasteiger partial charge in [-0.15, -0.1) is 0 Å². The second-order valence-corrected chi connectivity index (χ2v) is 6.22. The maximum atomic E-state index is 6.26. The van der Waals surface area contributed by atoms with Crippen molar-refractivity contribution in [1.82, 2.24) is 4.98 Å². The first-order valence-electron chi connectivity index (χ1n) is 6.13. The highest BCUT2D eigenvalue weighted by Crippen LogP contribution is 2.33. The number of hydrogen-bond donors (Lipinski definition) is 0. The lowest BCUT2D eigenvalue weighted by Gasteiger charge is -2.37. The third-order valence-corrected chi connectivity index (χ3v) is 4.40. The van der Waals surface area contributed by atoms with E-state index in [2.05, 4.69) is 39.8 Å². The number of anilines is 1. The highest BCUT2D eigenvalue weighted by molar-refractivity contribution is 9.10. The molecule has 2 unspecified atom stereocenters. The first-order valence-corrected chi connectivity index (χ1v) is 7.30. The van der Waals surface area contributed by atoms with Crippen LogP contribution in [-0.2, 0) is 0 Å². The van der Waals surface area contributed by atoms with Gasteiger partial charge in [0.25, 0.3) is 0 Å². The molecule has 0 saturated heterocycles. The van der Waals surface area contributed by atoms with Crippen molar-refractivity contribution in [1.29, 1.82) is 0 Å². The Bertz CT molecular complexity index is 397. The van der Waals surface area contributed by atoms with Crippen LogP contribution in [0, 0.1) is 5.92 Å². The zero-order chi connectivity index (χ0) is 12.4. The smallest absolute Gasteiger partial charge is 0.147 e. The van der Waals surface area contributed by atoms with E-state index in [1.807, 2.05) is 12.3 Å². The van der Waals surface area contributed by atoms with Crippen LogP contribution in [0.3, 0.4) is 0 Å². The predicted molar refractivity (Wildman–Crippen MR) is 76.8 cm³/mol. The first kappa shape index (κ1) is 13.2. The van der Waals surface area contributed by atoms with Crippen LogP contribution in [0.2, 0.25) is 5.02 Å². The minimum Gasteiger partial charge on any atom is -0.355 e. The van der Waals surface area contributed by atoms with Gasteiger partial charge in [0.15, 0.2) is 0 Å². The zero-order valence-corrected chi connectivity index (χ0v) is 12.6. The van der Waals surface area contributed by atoms with Crippen LogP contribution in [0.4, 0.5) is 5.82 Å². The molecule has 0 aliphatic heterocycles. The second-order valence-electron chi connectivity index (χ2n) is 4.90. The maximum absolute atomic E-state index is 6.26. The average molecular weight is 318 g/mol. The average Bonchev–Trinajstić information content (AvgIpc) is 2.29. The van der Waals surface area contributed by atoms with Gasteiger partial charge in [-0.3, -0.25) is 0 Å². The van der Waals surface area contributed by atoms with Gasteiger partial charge in [0.2, 0.25) is 0 Å². The maximum Gasteiger partial charge on any atom is 0.147 e. The van der Waals surface area contributed by atoms with Gasteiger partial charge in [-0.1, -0.05) is 31.4 Å². The Balaban J connectivity index is 2.20. The summed E-state index contributed by atoms with van der Waals surface area (Å²) in [5.41, 5.74) is 0. The SMILES string of the molecule is CC1CCCCC1N(C)c1ncc(Br)cc1Cl. The van der Waals surface area contributed by atoms with Gasteiger partial charge < -0.3 is 4.90 Å². The second kappa shape index (κ2) is 5.57. The molecule has 2 atom stereocenters. The molecule has 2 nitrogen and oxygen atoms in total. The first-order chi connectivity index (χ1) is 8.09. The summed E-state index contributed by atoms with van der Waals surface area (Å²) in [6.45, 7) is 2.33. The normalized spacial score (nSPS) is 24.7.